The van der Waals surface area contributed by atoms with Gasteiger partial charge < -0.3 is 15.8 Å². The van der Waals surface area contributed by atoms with Crippen molar-refractivity contribution in [2.75, 3.05) is 7.11 Å². The number of halogens is 1. The van der Waals surface area contributed by atoms with Gasteiger partial charge in [-0.05, 0) is 85.1 Å². The molecular weight excluding hydrogens is 441 g/mol. The van der Waals surface area contributed by atoms with Crippen molar-refractivity contribution in [3.8, 4) is 28.0 Å². The van der Waals surface area contributed by atoms with Crippen molar-refractivity contribution < 1.29 is 13.9 Å². The molecule has 0 aromatic heterocycles. The van der Waals surface area contributed by atoms with Gasteiger partial charge in [-0.15, -0.1) is 0 Å². The molecule has 0 heterocycles. The lowest BCUT2D eigenvalue weighted by Crippen LogP contribution is -2.22. The fraction of sp³-hybridized carbons (Fsp3) is 0.172. The maximum absolute atomic E-state index is 14.7. The molecule has 0 aliphatic carbocycles. The number of nitrogens with zero attached hydrogens (tertiary/aromatic N) is 1. The molecule has 0 radical (unpaired) electrons. The van der Waals surface area contributed by atoms with Crippen LogP contribution in [0.1, 0.15) is 34.0 Å². The predicted molar refractivity (Wildman–Crippen MR) is 141 cm³/mol. The Bertz CT molecular complexity index is 1330. The maximum atomic E-state index is 14.7. The first-order valence-electron chi connectivity index (χ1n) is 11.2. The largest absolute Gasteiger partial charge is 0.496 e. The number of rotatable bonds is 8. The van der Waals surface area contributed by atoms with Crippen molar-refractivity contribution in [1.82, 2.24) is 5.32 Å². The number of benzene rings is 3. The molecule has 0 saturated heterocycles. The molecule has 0 atom stereocenters. The zero-order valence-electron chi connectivity index (χ0n) is 20.5. The number of methoxy groups -OCH3 is 1. The van der Waals surface area contributed by atoms with Crippen molar-refractivity contribution in [2.24, 2.45) is 10.7 Å². The number of carbonyl (C=O) groups excluding carboxylic acids is 1. The van der Waals surface area contributed by atoms with Gasteiger partial charge in [-0.1, -0.05) is 42.5 Å². The molecule has 3 aromatic carbocycles. The lowest BCUT2D eigenvalue weighted by atomic mass is 9.89. The van der Waals surface area contributed by atoms with Crippen molar-refractivity contribution in [3.05, 3.63) is 101 Å². The fourth-order valence-electron chi connectivity index (χ4n) is 4.07. The third-order valence-corrected chi connectivity index (χ3v) is 5.95. The van der Waals surface area contributed by atoms with Gasteiger partial charge in [-0.2, -0.15) is 0 Å². The molecule has 0 saturated carbocycles. The summed E-state index contributed by atoms with van der Waals surface area (Å²) in [4.78, 5) is 16.9. The number of carbonyl (C=O) groups is 1. The highest BCUT2D eigenvalue weighted by atomic mass is 19.1. The van der Waals surface area contributed by atoms with Crippen LogP contribution in [0.3, 0.4) is 0 Å². The molecule has 1 amide bonds. The summed E-state index contributed by atoms with van der Waals surface area (Å²) in [6.07, 6.45) is 5.30. The summed E-state index contributed by atoms with van der Waals surface area (Å²) in [5, 5.41) is 2.79. The van der Waals surface area contributed by atoms with Crippen LogP contribution in [0.4, 0.5) is 4.39 Å². The van der Waals surface area contributed by atoms with Crippen LogP contribution in [0.25, 0.3) is 22.3 Å². The third-order valence-electron chi connectivity index (χ3n) is 5.95. The van der Waals surface area contributed by atoms with E-state index in [1.165, 1.54) is 13.2 Å². The lowest BCUT2D eigenvalue weighted by molar-refractivity contribution is 0.0965. The summed E-state index contributed by atoms with van der Waals surface area (Å²) in [5.41, 5.74) is 11.8. The Hall–Kier alpha value is -4.03. The molecule has 0 aliphatic heterocycles. The van der Waals surface area contributed by atoms with Crippen LogP contribution in [0.2, 0.25) is 0 Å². The molecule has 0 unspecified atom stereocenters. The zero-order valence-corrected chi connectivity index (χ0v) is 20.5. The Balaban J connectivity index is 2.07. The van der Waals surface area contributed by atoms with Crippen LogP contribution in [0, 0.1) is 19.7 Å². The zero-order chi connectivity index (χ0) is 25.5. The summed E-state index contributed by atoms with van der Waals surface area (Å²) >= 11 is 0. The number of aliphatic imine (C=N–C) groups is 1. The van der Waals surface area contributed by atoms with Crippen molar-refractivity contribution in [1.29, 1.82) is 0 Å². The van der Waals surface area contributed by atoms with Gasteiger partial charge in [0.1, 0.15) is 17.4 Å². The van der Waals surface area contributed by atoms with E-state index in [1.54, 1.807) is 24.3 Å². The summed E-state index contributed by atoms with van der Waals surface area (Å²) in [6, 6.07) is 14.7. The SMILES string of the molecule is C=N/C(=C\C=C/C)NC(=O)c1cccc(-c2cccc(-c3cc(F)c(CN)c(OC)c3)c2C)c1C. The van der Waals surface area contributed by atoms with E-state index in [2.05, 4.69) is 17.0 Å². The van der Waals surface area contributed by atoms with E-state index in [-0.39, 0.29) is 12.5 Å². The van der Waals surface area contributed by atoms with Gasteiger partial charge in [0.2, 0.25) is 0 Å². The highest BCUT2D eigenvalue weighted by molar-refractivity contribution is 5.99. The molecule has 3 aromatic rings. The smallest absolute Gasteiger partial charge is 0.257 e. The molecule has 3 N–H and O–H groups in total. The van der Waals surface area contributed by atoms with Crippen LogP contribution in [0.5, 0.6) is 5.75 Å². The average molecular weight is 472 g/mol. The van der Waals surface area contributed by atoms with E-state index in [4.69, 9.17) is 10.5 Å². The number of nitrogens with one attached hydrogen (secondary N) is 1. The first-order valence-corrected chi connectivity index (χ1v) is 11.2. The Kier molecular flexibility index (Phi) is 8.34. The molecule has 5 nitrogen and oxygen atoms in total. The van der Waals surface area contributed by atoms with E-state index in [1.807, 2.05) is 57.2 Å². The van der Waals surface area contributed by atoms with Gasteiger partial charge in [0.05, 0.1) is 7.11 Å². The van der Waals surface area contributed by atoms with Gasteiger partial charge >= 0.3 is 0 Å². The first-order chi connectivity index (χ1) is 16.9. The minimum atomic E-state index is -0.404. The average Bonchev–Trinajstić information content (AvgIpc) is 2.86. The Morgan fingerprint density at radius 3 is 2.40 bits per heavy atom. The van der Waals surface area contributed by atoms with Gasteiger partial charge in [0.15, 0.2) is 0 Å². The highest BCUT2D eigenvalue weighted by Crippen LogP contribution is 2.36. The number of hydrogen-bond acceptors (Lipinski definition) is 4. The van der Waals surface area contributed by atoms with Crippen LogP contribution in [-0.4, -0.2) is 19.7 Å². The van der Waals surface area contributed by atoms with Gasteiger partial charge in [0, 0.05) is 17.7 Å². The van der Waals surface area contributed by atoms with E-state index in [0.29, 0.717) is 28.3 Å². The standard InChI is InChI=1S/C29H30FN3O2/c1-6-7-14-28(32-4)33-29(34)24-13-9-12-23(19(24)3)22-11-8-10-21(18(22)2)20-15-26(30)25(17-31)27(16-20)35-5/h6-16H,4,17,31H2,1-3,5H3,(H,33,34)/b7-6-,28-14+. The fourth-order valence-corrected chi connectivity index (χ4v) is 4.07. The maximum Gasteiger partial charge on any atom is 0.257 e. The molecule has 0 spiro atoms. The minimum absolute atomic E-state index is 0.0510. The molecule has 6 heteroatoms. The normalized spacial score (nSPS) is 11.5. The second kappa shape index (κ2) is 11.4. The third kappa shape index (κ3) is 5.39. The van der Waals surface area contributed by atoms with Gasteiger partial charge in [-0.25, -0.2) is 9.38 Å². The number of allylic oxidation sites excluding steroid dienone is 3. The van der Waals surface area contributed by atoms with Crippen molar-refractivity contribution in [2.45, 2.75) is 27.3 Å². The molecule has 0 aliphatic rings. The van der Waals surface area contributed by atoms with Crippen LogP contribution in [-0.2, 0) is 6.54 Å². The number of amides is 1. The molecule has 0 bridgehead atoms. The second-order valence-electron chi connectivity index (χ2n) is 7.99. The topological polar surface area (TPSA) is 76.7 Å². The second-order valence-corrected chi connectivity index (χ2v) is 7.99. The number of ether oxygens (including phenoxy) is 1. The van der Waals surface area contributed by atoms with Gasteiger partial charge in [0.25, 0.3) is 5.91 Å². The molecule has 3 rings (SSSR count). The van der Waals surface area contributed by atoms with Crippen LogP contribution < -0.4 is 15.8 Å². The van der Waals surface area contributed by atoms with E-state index in [9.17, 15) is 9.18 Å². The molecule has 0 fully saturated rings. The van der Waals surface area contributed by atoms with Gasteiger partial charge in [-0.3, -0.25) is 4.79 Å². The Labute approximate surface area is 205 Å². The molecule has 180 valence electrons. The highest BCUT2D eigenvalue weighted by Gasteiger charge is 2.17. The Morgan fingerprint density at radius 2 is 1.77 bits per heavy atom. The van der Waals surface area contributed by atoms with Crippen molar-refractivity contribution in [3.63, 3.8) is 0 Å². The minimum Gasteiger partial charge on any atom is -0.496 e. The number of nitrogens with two attached hydrogens (primary N) is 1. The summed E-state index contributed by atoms with van der Waals surface area (Å²) in [6.45, 7) is 9.34. The van der Waals surface area contributed by atoms with E-state index < -0.39 is 5.82 Å². The molecule has 35 heavy (non-hydrogen) atoms. The molecular formula is C29H30FN3O2. The van der Waals surface area contributed by atoms with Crippen molar-refractivity contribution >= 4 is 12.6 Å². The first kappa shape index (κ1) is 25.6. The summed E-state index contributed by atoms with van der Waals surface area (Å²) in [7, 11) is 1.50. The monoisotopic (exact) mass is 471 g/mol. The predicted octanol–water partition coefficient (Wildman–Crippen LogP) is 6.09. The van der Waals surface area contributed by atoms with Crippen LogP contribution in [0.15, 0.2) is 77.6 Å². The quantitative estimate of drug-likeness (QED) is 0.308. The van der Waals surface area contributed by atoms with Crippen LogP contribution >= 0.6 is 0 Å². The lowest BCUT2D eigenvalue weighted by Gasteiger charge is -2.17. The summed E-state index contributed by atoms with van der Waals surface area (Å²) < 4.78 is 20.1. The van der Waals surface area contributed by atoms with E-state index in [0.717, 1.165) is 27.8 Å². The van der Waals surface area contributed by atoms with E-state index >= 15 is 0 Å². The number of hydrogen-bond donors (Lipinski definition) is 2. The Morgan fingerprint density at radius 1 is 1.11 bits per heavy atom. The summed E-state index contributed by atoms with van der Waals surface area (Å²) in [5.74, 6) is 0.109.